The Morgan fingerprint density at radius 3 is 2.57 bits per heavy atom. The van der Waals surface area contributed by atoms with E-state index in [1.807, 2.05) is 31.3 Å². The lowest BCUT2D eigenvalue weighted by Crippen LogP contribution is -2.50. The summed E-state index contributed by atoms with van der Waals surface area (Å²) < 4.78 is 0. The first-order valence-electron chi connectivity index (χ1n) is 9.49. The van der Waals surface area contributed by atoms with E-state index < -0.39 is 5.54 Å². The van der Waals surface area contributed by atoms with Gasteiger partial charge in [-0.3, -0.25) is 4.98 Å². The maximum Gasteiger partial charge on any atom is 0.0719 e. The van der Waals surface area contributed by atoms with Crippen molar-refractivity contribution in [3.05, 3.63) is 89.1 Å². The second kappa shape index (κ2) is 7.51. The first kappa shape index (κ1) is 18.9. The number of rotatable bonds is 5. The zero-order valence-electron chi connectivity index (χ0n) is 15.9. The van der Waals surface area contributed by atoms with Gasteiger partial charge in [0.25, 0.3) is 0 Å². The molecule has 2 unspecified atom stereocenters. The Morgan fingerprint density at radius 2 is 1.79 bits per heavy atom. The Bertz CT molecular complexity index is 1140. The molecule has 0 fully saturated rings. The van der Waals surface area contributed by atoms with Crippen LogP contribution in [0.3, 0.4) is 0 Å². The Balaban J connectivity index is 1.82. The van der Waals surface area contributed by atoms with Crippen LogP contribution in [-0.4, -0.2) is 17.1 Å². The van der Waals surface area contributed by atoms with Gasteiger partial charge in [-0.2, -0.15) is 0 Å². The molecular formula is C24H24ClN3. The van der Waals surface area contributed by atoms with Crippen molar-refractivity contribution in [3.63, 3.8) is 0 Å². The Morgan fingerprint density at radius 1 is 1.00 bits per heavy atom. The molecule has 0 saturated heterocycles. The first-order chi connectivity index (χ1) is 13.5. The molecule has 0 aliphatic heterocycles. The lowest BCUT2D eigenvalue weighted by Gasteiger charge is -2.34. The number of pyridine rings is 1. The van der Waals surface area contributed by atoms with E-state index in [0.29, 0.717) is 11.6 Å². The molecule has 0 radical (unpaired) electrons. The molecular weight excluding hydrogens is 366 g/mol. The maximum atomic E-state index is 6.70. The van der Waals surface area contributed by atoms with Gasteiger partial charge in [-0.05, 0) is 53.4 Å². The van der Waals surface area contributed by atoms with Gasteiger partial charge in [-0.15, -0.1) is 0 Å². The van der Waals surface area contributed by atoms with E-state index in [9.17, 15) is 0 Å². The minimum absolute atomic E-state index is 0.0466. The van der Waals surface area contributed by atoms with Gasteiger partial charge in [0, 0.05) is 34.6 Å². The van der Waals surface area contributed by atoms with Gasteiger partial charge < -0.3 is 11.5 Å². The fourth-order valence-electron chi connectivity index (χ4n) is 3.89. The number of hydrogen-bond acceptors (Lipinski definition) is 3. The molecule has 0 saturated carbocycles. The average molecular weight is 390 g/mol. The molecule has 4 N–H and O–H groups in total. The third kappa shape index (κ3) is 3.61. The maximum absolute atomic E-state index is 6.70. The van der Waals surface area contributed by atoms with Gasteiger partial charge in [0.2, 0.25) is 0 Å². The zero-order chi connectivity index (χ0) is 19.7. The molecule has 1 aromatic heterocycles. The third-order valence-electron chi connectivity index (χ3n) is 5.60. The van der Waals surface area contributed by atoms with Gasteiger partial charge >= 0.3 is 0 Å². The minimum Gasteiger partial charge on any atom is -0.329 e. The second-order valence-electron chi connectivity index (χ2n) is 7.71. The van der Waals surface area contributed by atoms with Crippen LogP contribution in [0.15, 0.2) is 72.9 Å². The predicted molar refractivity (Wildman–Crippen MR) is 119 cm³/mol. The summed E-state index contributed by atoms with van der Waals surface area (Å²) >= 11 is 6.17. The van der Waals surface area contributed by atoms with Crippen LogP contribution in [0.2, 0.25) is 5.02 Å². The summed E-state index contributed by atoms with van der Waals surface area (Å²) in [5.41, 5.74) is 15.5. The summed E-state index contributed by atoms with van der Waals surface area (Å²) in [6.07, 6.45) is 2.63. The lowest BCUT2D eigenvalue weighted by molar-refractivity contribution is 0.384. The quantitative estimate of drug-likeness (QED) is 0.502. The Kier molecular flexibility index (Phi) is 5.07. The molecule has 28 heavy (non-hydrogen) atoms. The van der Waals surface area contributed by atoms with Crippen LogP contribution in [-0.2, 0) is 6.42 Å². The number of fused-ring (bicyclic) bond motifs is 2. The van der Waals surface area contributed by atoms with E-state index >= 15 is 0 Å². The van der Waals surface area contributed by atoms with Crippen molar-refractivity contribution < 1.29 is 0 Å². The predicted octanol–water partition coefficient (Wildman–Crippen LogP) is 5.04. The number of aromatic nitrogens is 1. The van der Waals surface area contributed by atoms with Gasteiger partial charge in [0.1, 0.15) is 0 Å². The summed E-state index contributed by atoms with van der Waals surface area (Å²) in [6.45, 7) is 2.42. The molecule has 3 aromatic carbocycles. The van der Waals surface area contributed by atoms with Gasteiger partial charge in [0.15, 0.2) is 0 Å². The highest BCUT2D eigenvalue weighted by Gasteiger charge is 2.31. The van der Waals surface area contributed by atoms with Gasteiger partial charge in [-0.25, -0.2) is 0 Å². The number of nitrogens with two attached hydrogens (primary N) is 2. The molecule has 4 rings (SSSR count). The molecule has 3 nitrogen and oxygen atoms in total. The Hall–Kier alpha value is -2.46. The standard InChI is InChI=1S/C24H24ClN3/c1-24(27,15-26)22(13-16-6-7-17-4-2-3-5-18(17)12-16)20-10-11-28-23-14-19(25)8-9-21(20)23/h2-12,14,22H,13,15,26-27H2,1H3. The molecule has 0 spiro atoms. The zero-order valence-corrected chi connectivity index (χ0v) is 16.7. The van der Waals surface area contributed by atoms with E-state index in [1.165, 1.54) is 16.3 Å². The summed E-state index contributed by atoms with van der Waals surface area (Å²) in [6, 6.07) is 22.9. The summed E-state index contributed by atoms with van der Waals surface area (Å²) in [5, 5.41) is 4.22. The number of halogens is 1. The fourth-order valence-corrected chi connectivity index (χ4v) is 4.06. The molecule has 0 aliphatic carbocycles. The van der Waals surface area contributed by atoms with Crippen molar-refractivity contribution in [3.8, 4) is 0 Å². The fraction of sp³-hybridized carbons (Fsp3) is 0.208. The van der Waals surface area contributed by atoms with Gasteiger partial charge in [-0.1, -0.05) is 60.1 Å². The van der Waals surface area contributed by atoms with Crippen LogP contribution < -0.4 is 11.5 Å². The van der Waals surface area contributed by atoms with E-state index in [-0.39, 0.29) is 5.92 Å². The summed E-state index contributed by atoms with van der Waals surface area (Å²) in [5.74, 6) is 0.0466. The van der Waals surface area contributed by atoms with Crippen molar-refractivity contribution in [2.45, 2.75) is 24.8 Å². The van der Waals surface area contributed by atoms with Crippen LogP contribution in [0.5, 0.6) is 0 Å². The summed E-state index contributed by atoms with van der Waals surface area (Å²) in [7, 11) is 0. The molecule has 0 aliphatic rings. The van der Waals surface area contributed by atoms with E-state index in [0.717, 1.165) is 22.9 Å². The van der Waals surface area contributed by atoms with Crippen LogP contribution >= 0.6 is 11.6 Å². The minimum atomic E-state index is -0.556. The lowest BCUT2D eigenvalue weighted by atomic mass is 9.76. The van der Waals surface area contributed by atoms with Crippen molar-refractivity contribution in [1.82, 2.24) is 4.98 Å². The average Bonchev–Trinajstić information content (AvgIpc) is 2.71. The highest BCUT2D eigenvalue weighted by atomic mass is 35.5. The largest absolute Gasteiger partial charge is 0.329 e. The molecule has 0 bridgehead atoms. The third-order valence-corrected chi connectivity index (χ3v) is 5.84. The van der Waals surface area contributed by atoms with Crippen LogP contribution in [0, 0.1) is 0 Å². The van der Waals surface area contributed by atoms with E-state index in [2.05, 4.69) is 53.5 Å². The van der Waals surface area contributed by atoms with Crippen molar-refractivity contribution in [2.75, 3.05) is 6.54 Å². The monoisotopic (exact) mass is 389 g/mol. The highest BCUT2D eigenvalue weighted by Crippen LogP contribution is 2.35. The Labute approximate surface area is 170 Å². The molecule has 0 amide bonds. The van der Waals surface area contributed by atoms with Crippen molar-refractivity contribution in [1.29, 1.82) is 0 Å². The number of benzene rings is 3. The van der Waals surface area contributed by atoms with Crippen LogP contribution in [0.4, 0.5) is 0 Å². The molecule has 4 heteroatoms. The number of hydrogen-bond donors (Lipinski definition) is 2. The van der Waals surface area contributed by atoms with Crippen LogP contribution in [0.1, 0.15) is 24.0 Å². The smallest absolute Gasteiger partial charge is 0.0719 e. The second-order valence-corrected chi connectivity index (χ2v) is 8.15. The normalized spacial score (nSPS) is 14.9. The van der Waals surface area contributed by atoms with Crippen LogP contribution in [0.25, 0.3) is 21.7 Å². The van der Waals surface area contributed by atoms with Crippen molar-refractivity contribution >= 4 is 33.3 Å². The SMILES string of the molecule is CC(N)(CN)C(Cc1ccc2ccccc2c1)c1ccnc2cc(Cl)ccc12. The van der Waals surface area contributed by atoms with E-state index in [4.69, 9.17) is 23.1 Å². The van der Waals surface area contributed by atoms with Crippen molar-refractivity contribution in [2.24, 2.45) is 11.5 Å². The first-order valence-corrected chi connectivity index (χ1v) is 9.86. The molecule has 142 valence electrons. The molecule has 2 atom stereocenters. The van der Waals surface area contributed by atoms with Gasteiger partial charge in [0.05, 0.1) is 5.52 Å². The van der Waals surface area contributed by atoms with E-state index in [1.54, 1.807) is 0 Å². The molecule has 1 heterocycles. The highest BCUT2D eigenvalue weighted by molar-refractivity contribution is 6.31. The number of nitrogens with zero attached hydrogens (tertiary/aromatic N) is 1. The topological polar surface area (TPSA) is 64.9 Å². The summed E-state index contributed by atoms with van der Waals surface area (Å²) in [4.78, 5) is 4.48. The molecule has 4 aromatic rings.